The van der Waals surface area contributed by atoms with Crippen molar-refractivity contribution in [2.45, 2.75) is 25.5 Å². The molecule has 1 N–H and O–H groups in total. The van der Waals surface area contributed by atoms with Crippen molar-refractivity contribution in [2.24, 2.45) is 0 Å². The third-order valence-electron chi connectivity index (χ3n) is 4.44. The second kappa shape index (κ2) is 7.07. The molecule has 0 saturated carbocycles. The number of thiophene rings is 1. The average Bonchev–Trinajstić information content (AvgIpc) is 3.15. The van der Waals surface area contributed by atoms with E-state index in [1.54, 1.807) is 11.3 Å². The molecule has 0 bridgehead atoms. The van der Waals surface area contributed by atoms with Gasteiger partial charge in [-0.1, -0.05) is 18.2 Å². The predicted molar refractivity (Wildman–Crippen MR) is 101 cm³/mol. The van der Waals surface area contributed by atoms with Crippen LogP contribution in [0.5, 0.6) is 0 Å². The van der Waals surface area contributed by atoms with E-state index in [4.69, 9.17) is 14.7 Å². The summed E-state index contributed by atoms with van der Waals surface area (Å²) >= 11 is 1.64. The number of para-hydroxylation sites is 1. The number of aromatic nitrogens is 2. The maximum absolute atomic E-state index is 9.87. The number of anilines is 1. The quantitative estimate of drug-likeness (QED) is 0.778. The lowest BCUT2D eigenvalue weighted by molar-refractivity contribution is 0.0719. The van der Waals surface area contributed by atoms with Crippen LogP contribution in [0.25, 0.3) is 21.6 Å². The number of rotatable bonds is 4. The van der Waals surface area contributed by atoms with Gasteiger partial charge >= 0.3 is 0 Å². The first-order chi connectivity index (χ1) is 12.2. The standard InChI is InChI=1S/C19H21N3O2S/c1-13(23)11-14-12-24-9-8-22(14)19-15-5-2-3-6-16(15)20-18(21-19)17-7-4-10-25-17/h2-7,10,13-14,23H,8-9,11-12H2,1H3. The summed E-state index contributed by atoms with van der Waals surface area (Å²) in [5.41, 5.74) is 0.943. The summed E-state index contributed by atoms with van der Waals surface area (Å²) in [5.74, 6) is 1.69. The smallest absolute Gasteiger partial charge is 0.172 e. The monoisotopic (exact) mass is 355 g/mol. The molecule has 1 saturated heterocycles. The minimum Gasteiger partial charge on any atom is -0.393 e. The molecule has 1 fully saturated rings. The van der Waals surface area contributed by atoms with Crippen LogP contribution < -0.4 is 4.90 Å². The lowest BCUT2D eigenvalue weighted by atomic mass is 10.1. The van der Waals surface area contributed by atoms with E-state index in [9.17, 15) is 5.11 Å². The molecular weight excluding hydrogens is 334 g/mol. The number of nitrogens with zero attached hydrogens (tertiary/aromatic N) is 3. The van der Waals surface area contributed by atoms with E-state index in [-0.39, 0.29) is 12.1 Å². The molecule has 6 heteroatoms. The van der Waals surface area contributed by atoms with Gasteiger partial charge in [0.1, 0.15) is 5.82 Å². The number of morpholine rings is 1. The number of benzene rings is 1. The Balaban J connectivity index is 1.84. The third kappa shape index (κ3) is 3.38. The summed E-state index contributed by atoms with van der Waals surface area (Å²) in [5, 5.41) is 13.0. The van der Waals surface area contributed by atoms with E-state index in [1.165, 1.54) is 0 Å². The van der Waals surface area contributed by atoms with E-state index in [1.807, 2.05) is 42.6 Å². The van der Waals surface area contributed by atoms with Gasteiger partial charge in [0.05, 0.1) is 35.8 Å². The van der Waals surface area contributed by atoms with Crippen molar-refractivity contribution in [2.75, 3.05) is 24.7 Å². The molecule has 0 amide bonds. The summed E-state index contributed by atoms with van der Waals surface area (Å²) in [4.78, 5) is 13.0. The minimum atomic E-state index is -0.376. The van der Waals surface area contributed by atoms with Crippen LogP contribution in [0.3, 0.4) is 0 Å². The largest absolute Gasteiger partial charge is 0.393 e. The molecule has 1 aliphatic heterocycles. The molecule has 0 spiro atoms. The number of fused-ring (bicyclic) bond motifs is 1. The Kier molecular flexibility index (Phi) is 4.65. The van der Waals surface area contributed by atoms with E-state index in [2.05, 4.69) is 11.0 Å². The van der Waals surface area contributed by atoms with E-state index < -0.39 is 0 Å². The van der Waals surface area contributed by atoms with Gasteiger partial charge < -0.3 is 14.7 Å². The number of aliphatic hydroxyl groups is 1. The van der Waals surface area contributed by atoms with Crippen molar-refractivity contribution in [1.29, 1.82) is 0 Å². The molecule has 0 radical (unpaired) electrons. The Bertz CT molecular complexity index is 851. The van der Waals surface area contributed by atoms with E-state index >= 15 is 0 Å². The molecule has 1 aliphatic rings. The Morgan fingerprint density at radius 3 is 2.96 bits per heavy atom. The van der Waals surface area contributed by atoms with Gasteiger partial charge in [0.15, 0.2) is 5.82 Å². The molecule has 3 aromatic rings. The number of ether oxygens (including phenoxy) is 1. The SMILES string of the molecule is CC(O)CC1COCCN1c1nc(-c2cccs2)nc2ccccc12. The van der Waals surface area contributed by atoms with Crippen LogP contribution in [0.4, 0.5) is 5.82 Å². The fourth-order valence-corrected chi connectivity index (χ4v) is 3.98. The lowest BCUT2D eigenvalue weighted by Gasteiger charge is -2.37. The van der Waals surface area contributed by atoms with Crippen LogP contribution >= 0.6 is 11.3 Å². The molecule has 3 heterocycles. The highest BCUT2D eigenvalue weighted by atomic mass is 32.1. The van der Waals surface area contributed by atoms with Gasteiger partial charge in [-0.15, -0.1) is 11.3 Å². The molecule has 25 heavy (non-hydrogen) atoms. The number of hydrogen-bond donors (Lipinski definition) is 1. The van der Waals surface area contributed by atoms with Crippen molar-refractivity contribution in [3.05, 3.63) is 41.8 Å². The van der Waals surface area contributed by atoms with E-state index in [0.29, 0.717) is 19.6 Å². The normalized spacial score (nSPS) is 19.3. The molecule has 4 rings (SSSR count). The fraction of sp³-hybridized carbons (Fsp3) is 0.368. The third-order valence-corrected chi connectivity index (χ3v) is 5.30. The molecule has 0 aliphatic carbocycles. The first-order valence-electron chi connectivity index (χ1n) is 8.55. The van der Waals surface area contributed by atoms with Gasteiger partial charge in [-0.2, -0.15) is 0 Å². The first-order valence-corrected chi connectivity index (χ1v) is 9.43. The van der Waals surface area contributed by atoms with E-state index in [0.717, 1.165) is 34.0 Å². The summed E-state index contributed by atoms with van der Waals surface area (Å²) < 4.78 is 5.66. The van der Waals surface area contributed by atoms with Gasteiger partial charge in [0.25, 0.3) is 0 Å². The Morgan fingerprint density at radius 1 is 1.28 bits per heavy atom. The molecular formula is C19H21N3O2S. The van der Waals surface area contributed by atoms with Crippen LogP contribution in [0.15, 0.2) is 41.8 Å². The second-order valence-corrected chi connectivity index (χ2v) is 7.32. The minimum absolute atomic E-state index is 0.114. The molecule has 2 atom stereocenters. The molecule has 2 aromatic heterocycles. The van der Waals surface area contributed by atoms with Gasteiger partial charge in [-0.05, 0) is 36.9 Å². The molecule has 1 aromatic carbocycles. The number of aliphatic hydroxyl groups excluding tert-OH is 1. The highest BCUT2D eigenvalue weighted by Crippen LogP contribution is 2.31. The van der Waals surface area contributed by atoms with Gasteiger partial charge in [-0.3, -0.25) is 0 Å². The topological polar surface area (TPSA) is 58.5 Å². The van der Waals surface area contributed by atoms with Crippen LogP contribution in [0.2, 0.25) is 0 Å². The fourth-order valence-electron chi connectivity index (χ4n) is 3.32. The van der Waals surface area contributed by atoms with Crippen LogP contribution in [0, 0.1) is 0 Å². The summed E-state index contributed by atoms with van der Waals surface area (Å²) in [6.45, 7) is 3.87. The van der Waals surface area contributed by atoms with Gasteiger partial charge in [0, 0.05) is 11.9 Å². The summed E-state index contributed by atoms with van der Waals surface area (Å²) in [7, 11) is 0. The Labute approximate surface area is 150 Å². The maximum atomic E-state index is 9.87. The molecule has 2 unspecified atom stereocenters. The Hall–Kier alpha value is -2.02. The van der Waals surface area contributed by atoms with Crippen molar-refractivity contribution in [3.8, 4) is 10.7 Å². The first kappa shape index (κ1) is 16.4. The lowest BCUT2D eigenvalue weighted by Crippen LogP contribution is -2.47. The zero-order valence-electron chi connectivity index (χ0n) is 14.1. The van der Waals surface area contributed by atoms with Crippen molar-refractivity contribution in [1.82, 2.24) is 9.97 Å². The number of hydrogen-bond acceptors (Lipinski definition) is 6. The highest BCUT2D eigenvalue weighted by Gasteiger charge is 2.27. The second-order valence-electron chi connectivity index (χ2n) is 6.37. The van der Waals surface area contributed by atoms with Crippen LogP contribution in [0.1, 0.15) is 13.3 Å². The molecule has 130 valence electrons. The van der Waals surface area contributed by atoms with Crippen LogP contribution in [-0.2, 0) is 4.74 Å². The van der Waals surface area contributed by atoms with Crippen LogP contribution in [-0.4, -0.2) is 47.0 Å². The summed E-state index contributed by atoms with van der Waals surface area (Å²) in [6, 6.07) is 12.3. The average molecular weight is 355 g/mol. The summed E-state index contributed by atoms with van der Waals surface area (Å²) in [6.07, 6.45) is 0.284. The van der Waals surface area contributed by atoms with Gasteiger partial charge in [0.2, 0.25) is 0 Å². The van der Waals surface area contributed by atoms with Crippen molar-refractivity contribution < 1.29 is 9.84 Å². The van der Waals surface area contributed by atoms with Crippen molar-refractivity contribution >= 4 is 28.1 Å². The Morgan fingerprint density at radius 2 is 2.16 bits per heavy atom. The van der Waals surface area contributed by atoms with Crippen molar-refractivity contribution in [3.63, 3.8) is 0 Å². The zero-order chi connectivity index (χ0) is 17.2. The molecule has 5 nitrogen and oxygen atoms in total. The zero-order valence-corrected chi connectivity index (χ0v) is 14.9. The predicted octanol–water partition coefficient (Wildman–Crippen LogP) is 3.33. The van der Waals surface area contributed by atoms with Gasteiger partial charge in [-0.25, -0.2) is 9.97 Å². The highest BCUT2D eigenvalue weighted by molar-refractivity contribution is 7.13. The maximum Gasteiger partial charge on any atom is 0.172 e.